The van der Waals surface area contributed by atoms with Crippen LogP contribution >= 0.6 is 0 Å². The van der Waals surface area contributed by atoms with E-state index in [1.54, 1.807) is 10.7 Å². The van der Waals surface area contributed by atoms with E-state index in [0.29, 0.717) is 39.5 Å². The van der Waals surface area contributed by atoms with Crippen molar-refractivity contribution in [3.63, 3.8) is 0 Å². The van der Waals surface area contributed by atoms with Gasteiger partial charge in [-0.25, -0.2) is 23.8 Å². The summed E-state index contributed by atoms with van der Waals surface area (Å²) in [7, 11) is 0. The van der Waals surface area contributed by atoms with E-state index in [4.69, 9.17) is 15.2 Å². The zero-order valence-corrected chi connectivity index (χ0v) is 23.0. The maximum atomic E-state index is 14.4. The van der Waals surface area contributed by atoms with Crippen molar-refractivity contribution >= 4 is 33.2 Å². The maximum Gasteiger partial charge on any atom is 0.343 e. The molecule has 1 unspecified atom stereocenters. The third kappa shape index (κ3) is 4.36. The van der Waals surface area contributed by atoms with Gasteiger partial charge in [0.15, 0.2) is 5.65 Å². The van der Waals surface area contributed by atoms with Crippen LogP contribution in [0.5, 0.6) is 0 Å². The molecule has 3 aromatic heterocycles. The molecule has 1 aliphatic rings. The Morgan fingerprint density at radius 3 is 2.60 bits per heavy atom. The second-order valence-corrected chi connectivity index (χ2v) is 10.7. The summed E-state index contributed by atoms with van der Waals surface area (Å²) in [5, 5.41) is 6.78. The Hall–Kier alpha value is -4.37. The topological polar surface area (TPSA) is 103 Å². The van der Waals surface area contributed by atoms with Crippen molar-refractivity contribution in [2.45, 2.75) is 46.2 Å². The van der Waals surface area contributed by atoms with Crippen molar-refractivity contribution in [3.05, 3.63) is 88.0 Å². The van der Waals surface area contributed by atoms with Crippen LogP contribution in [0.15, 0.2) is 64.1 Å². The van der Waals surface area contributed by atoms with Crippen molar-refractivity contribution in [1.29, 1.82) is 0 Å². The van der Waals surface area contributed by atoms with E-state index in [9.17, 15) is 9.18 Å². The van der Waals surface area contributed by atoms with E-state index >= 15 is 0 Å². The number of hydrogen-bond donors (Lipinski definition) is 1. The SMILES string of the molecule is Cc1cc(F)cc(-c2nn(C(C)c3oc(=O)c4ccccc4c3C3=CCCN(C(C)C)C3)c3ncnc(N)c23)c1. The van der Waals surface area contributed by atoms with Crippen molar-refractivity contribution < 1.29 is 8.81 Å². The minimum Gasteiger partial charge on any atom is -0.424 e. The molecular weight excluding hydrogens is 507 g/mol. The van der Waals surface area contributed by atoms with Gasteiger partial charge in [0.1, 0.15) is 35.5 Å². The van der Waals surface area contributed by atoms with E-state index in [1.807, 2.05) is 38.1 Å². The fourth-order valence-corrected chi connectivity index (χ4v) is 5.68. The molecule has 2 N–H and O–H groups in total. The zero-order chi connectivity index (χ0) is 28.1. The van der Waals surface area contributed by atoms with Crippen molar-refractivity contribution in [1.82, 2.24) is 24.6 Å². The normalized spacial score (nSPS) is 15.2. The number of hydrogen-bond acceptors (Lipinski definition) is 7. The molecule has 0 fully saturated rings. The molecule has 0 amide bonds. The second kappa shape index (κ2) is 9.98. The predicted octanol–water partition coefficient (Wildman–Crippen LogP) is 5.74. The standard InChI is InChI=1S/C31H31FN6O2/c1-17(2)37-11-7-8-20(15-37)25-23-9-5-6-10-24(23)31(39)40-28(25)19(4)38-30-26(29(33)34-16-35-30)27(36-38)21-12-18(3)13-22(32)14-21/h5-6,8-10,12-14,16-17,19H,7,11,15H2,1-4H3,(H2,33,34,35). The molecule has 9 heteroatoms. The van der Waals surface area contributed by atoms with Gasteiger partial charge in [0.05, 0.1) is 10.8 Å². The molecule has 0 saturated carbocycles. The fourth-order valence-electron chi connectivity index (χ4n) is 5.68. The first-order valence-corrected chi connectivity index (χ1v) is 13.5. The molecule has 0 radical (unpaired) electrons. The highest BCUT2D eigenvalue weighted by Crippen LogP contribution is 2.38. The lowest BCUT2D eigenvalue weighted by Crippen LogP contribution is -2.35. The number of aromatic nitrogens is 4. The largest absolute Gasteiger partial charge is 0.424 e. The van der Waals surface area contributed by atoms with Gasteiger partial charge in [0.25, 0.3) is 0 Å². The van der Waals surface area contributed by atoms with Crippen LogP contribution in [0, 0.1) is 12.7 Å². The first-order valence-electron chi connectivity index (χ1n) is 13.5. The lowest BCUT2D eigenvalue weighted by Gasteiger charge is -2.32. The highest BCUT2D eigenvalue weighted by molar-refractivity contribution is 5.99. The second-order valence-electron chi connectivity index (χ2n) is 10.7. The monoisotopic (exact) mass is 538 g/mol. The molecule has 6 rings (SSSR count). The molecule has 0 saturated heterocycles. The number of rotatable bonds is 5. The number of nitrogen functional groups attached to an aromatic ring is 1. The van der Waals surface area contributed by atoms with E-state index in [0.717, 1.165) is 41.6 Å². The summed E-state index contributed by atoms with van der Waals surface area (Å²) in [5.41, 5.74) is 10.2. The number of benzene rings is 2. The molecule has 1 atom stereocenters. The Morgan fingerprint density at radius 2 is 1.85 bits per heavy atom. The van der Waals surface area contributed by atoms with Gasteiger partial charge in [-0.1, -0.05) is 24.3 Å². The number of fused-ring (bicyclic) bond motifs is 2. The molecule has 5 aromatic rings. The van der Waals surface area contributed by atoms with Gasteiger partial charge in [0, 0.05) is 30.3 Å². The Morgan fingerprint density at radius 1 is 1.07 bits per heavy atom. The average molecular weight is 539 g/mol. The van der Waals surface area contributed by atoms with Crippen LogP contribution in [0.2, 0.25) is 0 Å². The predicted molar refractivity (Wildman–Crippen MR) is 155 cm³/mol. The van der Waals surface area contributed by atoms with Crippen molar-refractivity contribution in [2.24, 2.45) is 0 Å². The molecule has 4 heterocycles. The summed E-state index contributed by atoms with van der Waals surface area (Å²) in [6.07, 6.45) is 4.51. The fraction of sp³-hybridized carbons (Fsp3) is 0.290. The Balaban J connectivity index is 1.60. The summed E-state index contributed by atoms with van der Waals surface area (Å²) < 4.78 is 22.2. The average Bonchev–Trinajstić information content (AvgIpc) is 3.33. The molecule has 0 bridgehead atoms. The molecule has 8 nitrogen and oxygen atoms in total. The molecule has 0 aliphatic carbocycles. The van der Waals surface area contributed by atoms with Gasteiger partial charge in [-0.15, -0.1) is 0 Å². The van der Waals surface area contributed by atoms with Gasteiger partial charge >= 0.3 is 5.63 Å². The van der Waals surface area contributed by atoms with E-state index < -0.39 is 11.7 Å². The van der Waals surface area contributed by atoms with E-state index in [1.165, 1.54) is 18.5 Å². The highest BCUT2D eigenvalue weighted by atomic mass is 19.1. The molecule has 40 heavy (non-hydrogen) atoms. The quantitative estimate of drug-likeness (QED) is 0.305. The minimum absolute atomic E-state index is 0.239. The lowest BCUT2D eigenvalue weighted by molar-refractivity contribution is 0.247. The molecule has 0 spiro atoms. The number of aryl methyl sites for hydroxylation is 1. The summed E-state index contributed by atoms with van der Waals surface area (Å²) in [6, 6.07) is 12.1. The van der Waals surface area contributed by atoms with Crippen LogP contribution in [0.4, 0.5) is 10.2 Å². The van der Waals surface area contributed by atoms with Gasteiger partial charge in [-0.2, -0.15) is 5.10 Å². The lowest BCUT2D eigenvalue weighted by atomic mass is 9.93. The van der Waals surface area contributed by atoms with E-state index in [2.05, 4.69) is 34.8 Å². The van der Waals surface area contributed by atoms with E-state index in [-0.39, 0.29) is 11.6 Å². The van der Waals surface area contributed by atoms with Gasteiger partial charge in [-0.05, 0) is 74.9 Å². The van der Waals surface area contributed by atoms with Crippen LogP contribution in [0.25, 0.3) is 38.6 Å². The number of anilines is 1. The molecule has 1 aliphatic heterocycles. The van der Waals surface area contributed by atoms with Gasteiger partial charge in [0.2, 0.25) is 0 Å². The Labute approximate surface area is 231 Å². The third-order valence-corrected chi connectivity index (χ3v) is 7.68. The molecular formula is C31H31FN6O2. The van der Waals surface area contributed by atoms with Crippen molar-refractivity contribution in [3.8, 4) is 11.3 Å². The Kier molecular flexibility index (Phi) is 6.46. The zero-order valence-electron chi connectivity index (χ0n) is 23.0. The summed E-state index contributed by atoms with van der Waals surface area (Å²) >= 11 is 0. The van der Waals surface area contributed by atoms with Gasteiger partial charge in [-0.3, -0.25) is 4.90 Å². The summed E-state index contributed by atoms with van der Waals surface area (Å²) in [6.45, 7) is 9.82. The smallest absolute Gasteiger partial charge is 0.343 e. The molecule has 2 aromatic carbocycles. The van der Waals surface area contributed by atoms with Crippen LogP contribution in [0.3, 0.4) is 0 Å². The number of nitrogens with two attached hydrogens (primary N) is 1. The Bertz CT molecular complexity index is 1830. The van der Waals surface area contributed by atoms with Crippen molar-refractivity contribution in [2.75, 3.05) is 18.8 Å². The maximum absolute atomic E-state index is 14.4. The first kappa shape index (κ1) is 25.9. The minimum atomic E-state index is -0.539. The molecule has 204 valence electrons. The van der Waals surface area contributed by atoms with Crippen LogP contribution in [0.1, 0.15) is 50.1 Å². The van der Waals surface area contributed by atoms with Crippen LogP contribution < -0.4 is 11.4 Å². The summed E-state index contributed by atoms with van der Waals surface area (Å²) in [5.74, 6) is 0.357. The van der Waals surface area contributed by atoms with Gasteiger partial charge < -0.3 is 10.2 Å². The number of nitrogens with zero attached hydrogens (tertiary/aromatic N) is 5. The number of halogens is 1. The first-order chi connectivity index (χ1) is 19.2. The third-order valence-electron chi connectivity index (χ3n) is 7.68. The summed E-state index contributed by atoms with van der Waals surface area (Å²) in [4.78, 5) is 24.4. The van der Waals surface area contributed by atoms with Crippen LogP contribution in [-0.2, 0) is 0 Å². The van der Waals surface area contributed by atoms with Crippen LogP contribution in [-0.4, -0.2) is 43.8 Å². The highest BCUT2D eigenvalue weighted by Gasteiger charge is 2.29.